The maximum Gasteiger partial charge on any atom is 0.223 e. The van der Waals surface area contributed by atoms with Crippen LogP contribution in [0.3, 0.4) is 0 Å². The fourth-order valence-electron chi connectivity index (χ4n) is 2.20. The van der Waals surface area contributed by atoms with Crippen LogP contribution in [0, 0.1) is 6.92 Å². The highest BCUT2D eigenvalue weighted by molar-refractivity contribution is 5.29. The van der Waals surface area contributed by atoms with Crippen LogP contribution in [0.4, 0.5) is 0 Å². The number of aromatic hydroxyl groups is 1. The quantitative estimate of drug-likeness (QED) is 0.811. The Morgan fingerprint density at radius 3 is 2.62 bits per heavy atom. The predicted molar refractivity (Wildman–Crippen MR) is 62.6 cm³/mol. The summed E-state index contributed by atoms with van der Waals surface area (Å²) in [4.78, 5) is 13.8. The first-order valence-electron chi connectivity index (χ1n) is 5.70. The van der Waals surface area contributed by atoms with Crippen molar-refractivity contribution in [2.45, 2.75) is 26.3 Å². The minimum atomic E-state index is -0.273. The Morgan fingerprint density at radius 1 is 1.38 bits per heavy atom. The van der Waals surface area contributed by atoms with Gasteiger partial charge in [-0.15, -0.1) is 0 Å². The molecule has 4 nitrogen and oxygen atoms in total. The normalized spacial score (nSPS) is 16.9. The zero-order chi connectivity index (χ0) is 11.7. The molecule has 2 rings (SSSR count). The molecule has 0 radical (unpaired) electrons. The highest BCUT2D eigenvalue weighted by Crippen LogP contribution is 2.18. The van der Waals surface area contributed by atoms with Gasteiger partial charge in [-0.3, -0.25) is 9.69 Å². The first-order chi connectivity index (χ1) is 7.59. The van der Waals surface area contributed by atoms with Crippen molar-refractivity contribution in [3.05, 3.63) is 27.7 Å². The molecule has 0 aromatic carbocycles. The van der Waals surface area contributed by atoms with E-state index >= 15 is 0 Å². The van der Waals surface area contributed by atoms with Crippen LogP contribution in [0.5, 0.6) is 5.75 Å². The van der Waals surface area contributed by atoms with Gasteiger partial charge in [-0.1, -0.05) is 0 Å². The molecule has 1 aromatic heterocycles. The molecule has 0 saturated carbocycles. The van der Waals surface area contributed by atoms with Crippen molar-refractivity contribution in [3.63, 3.8) is 0 Å². The minimum absolute atomic E-state index is 0.0972. The van der Waals surface area contributed by atoms with Crippen LogP contribution in [0.15, 0.2) is 10.9 Å². The summed E-state index contributed by atoms with van der Waals surface area (Å²) in [6.07, 6.45) is 2.42. The topological polar surface area (TPSA) is 45.5 Å². The molecule has 0 unspecified atom stereocenters. The highest BCUT2D eigenvalue weighted by Gasteiger charge is 2.17. The molecule has 4 heteroatoms. The van der Waals surface area contributed by atoms with Crippen LogP contribution in [-0.4, -0.2) is 27.7 Å². The number of likely N-dealkylation sites (tertiary alicyclic amines) is 1. The second-order valence-corrected chi connectivity index (χ2v) is 4.49. The van der Waals surface area contributed by atoms with Crippen molar-refractivity contribution >= 4 is 0 Å². The van der Waals surface area contributed by atoms with Crippen LogP contribution in [-0.2, 0) is 13.6 Å². The van der Waals surface area contributed by atoms with Gasteiger partial charge in [-0.05, 0) is 32.9 Å². The third kappa shape index (κ3) is 1.97. The van der Waals surface area contributed by atoms with Crippen LogP contribution in [0.1, 0.15) is 24.2 Å². The smallest absolute Gasteiger partial charge is 0.223 e. The molecular formula is C12H18N2O2. The summed E-state index contributed by atoms with van der Waals surface area (Å²) >= 11 is 0. The molecule has 16 heavy (non-hydrogen) atoms. The summed E-state index contributed by atoms with van der Waals surface area (Å²) in [5, 5.41) is 9.80. The molecule has 1 aliphatic heterocycles. The SMILES string of the molecule is Cc1cc(=O)c(O)c(CN2CCCC2)n1C. The average molecular weight is 222 g/mol. The third-order valence-corrected chi connectivity index (χ3v) is 3.35. The molecule has 2 heterocycles. The van der Waals surface area contributed by atoms with Gasteiger partial charge in [0.15, 0.2) is 5.75 Å². The zero-order valence-electron chi connectivity index (χ0n) is 9.86. The van der Waals surface area contributed by atoms with Gasteiger partial charge in [-0.2, -0.15) is 0 Å². The van der Waals surface area contributed by atoms with Crippen LogP contribution in [0.2, 0.25) is 0 Å². The molecular weight excluding hydrogens is 204 g/mol. The van der Waals surface area contributed by atoms with E-state index in [-0.39, 0.29) is 11.2 Å². The Bertz CT molecular complexity index is 445. The predicted octanol–water partition coefficient (Wildman–Crippen LogP) is 0.995. The number of rotatable bonds is 2. The maximum absolute atomic E-state index is 11.5. The van der Waals surface area contributed by atoms with E-state index < -0.39 is 0 Å². The van der Waals surface area contributed by atoms with Crippen molar-refractivity contribution in [1.82, 2.24) is 9.47 Å². The Labute approximate surface area is 95.1 Å². The largest absolute Gasteiger partial charge is 0.503 e. The van der Waals surface area contributed by atoms with Crippen molar-refractivity contribution in [3.8, 4) is 5.75 Å². The lowest BCUT2D eigenvalue weighted by Crippen LogP contribution is -2.23. The summed E-state index contributed by atoms with van der Waals surface area (Å²) in [7, 11) is 1.89. The van der Waals surface area contributed by atoms with Gasteiger partial charge >= 0.3 is 0 Å². The van der Waals surface area contributed by atoms with Crippen molar-refractivity contribution < 1.29 is 5.11 Å². The molecule has 1 aliphatic rings. The van der Waals surface area contributed by atoms with E-state index in [0.717, 1.165) is 24.5 Å². The lowest BCUT2D eigenvalue weighted by atomic mass is 10.2. The van der Waals surface area contributed by atoms with E-state index in [2.05, 4.69) is 4.90 Å². The van der Waals surface area contributed by atoms with Crippen molar-refractivity contribution in [2.24, 2.45) is 7.05 Å². The maximum atomic E-state index is 11.5. The van der Waals surface area contributed by atoms with E-state index in [1.807, 2.05) is 18.5 Å². The van der Waals surface area contributed by atoms with Gasteiger partial charge in [0.25, 0.3) is 0 Å². The zero-order valence-corrected chi connectivity index (χ0v) is 9.86. The summed E-state index contributed by atoms with van der Waals surface area (Å²) in [6, 6.07) is 1.48. The molecule has 0 aliphatic carbocycles. The van der Waals surface area contributed by atoms with Gasteiger partial charge < -0.3 is 9.67 Å². The van der Waals surface area contributed by atoms with Crippen LogP contribution < -0.4 is 5.43 Å². The summed E-state index contributed by atoms with van der Waals surface area (Å²) in [5.41, 5.74) is 1.34. The van der Waals surface area contributed by atoms with Gasteiger partial charge in [-0.25, -0.2) is 0 Å². The molecule has 0 atom stereocenters. The number of hydrogen-bond donors (Lipinski definition) is 1. The first-order valence-corrected chi connectivity index (χ1v) is 5.70. The first kappa shape index (κ1) is 11.2. The second-order valence-electron chi connectivity index (χ2n) is 4.49. The fraction of sp³-hybridized carbons (Fsp3) is 0.583. The Kier molecular flexibility index (Phi) is 3.01. The van der Waals surface area contributed by atoms with Crippen LogP contribution in [0.25, 0.3) is 0 Å². The fourth-order valence-corrected chi connectivity index (χ4v) is 2.20. The van der Waals surface area contributed by atoms with E-state index in [1.165, 1.54) is 18.9 Å². The summed E-state index contributed by atoms with van der Waals surface area (Å²) in [6.45, 7) is 4.66. The van der Waals surface area contributed by atoms with Crippen molar-refractivity contribution in [1.29, 1.82) is 0 Å². The lowest BCUT2D eigenvalue weighted by Gasteiger charge is -2.19. The number of hydrogen-bond acceptors (Lipinski definition) is 3. The number of aromatic nitrogens is 1. The number of nitrogens with zero attached hydrogens (tertiary/aromatic N) is 2. The van der Waals surface area contributed by atoms with E-state index in [0.29, 0.717) is 6.54 Å². The molecule has 1 aromatic rings. The monoisotopic (exact) mass is 222 g/mol. The number of pyridine rings is 1. The Morgan fingerprint density at radius 2 is 2.00 bits per heavy atom. The van der Waals surface area contributed by atoms with E-state index in [4.69, 9.17) is 0 Å². The molecule has 1 saturated heterocycles. The van der Waals surface area contributed by atoms with Gasteiger partial charge in [0.05, 0.1) is 5.69 Å². The van der Waals surface area contributed by atoms with Crippen LogP contribution >= 0.6 is 0 Å². The summed E-state index contributed by atoms with van der Waals surface area (Å²) < 4.78 is 1.90. The van der Waals surface area contributed by atoms with Crippen molar-refractivity contribution in [2.75, 3.05) is 13.1 Å². The minimum Gasteiger partial charge on any atom is -0.503 e. The molecule has 1 fully saturated rings. The third-order valence-electron chi connectivity index (χ3n) is 3.35. The second kappa shape index (κ2) is 4.29. The van der Waals surface area contributed by atoms with Gasteiger partial charge in [0.1, 0.15) is 0 Å². The molecule has 0 bridgehead atoms. The summed E-state index contributed by atoms with van der Waals surface area (Å²) in [5.74, 6) is -0.0972. The molecule has 0 amide bonds. The Hall–Kier alpha value is -1.29. The Balaban J connectivity index is 2.34. The number of aryl methyl sites for hydroxylation is 1. The molecule has 1 N–H and O–H groups in total. The van der Waals surface area contributed by atoms with E-state index in [9.17, 15) is 9.90 Å². The van der Waals surface area contributed by atoms with Gasteiger partial charge in [0, 0.05) is 25.4 Å². The van der Waals surface area contributed by atoms with E-state index in [1.54, 1.807) is 0 Å². The van der Waals surface area contributed by atoms with Gasteiger partial charge in [0.2, 0.25) is 5.43 Å². The molecule has 0 spiro atoms. The standard InChI is InChI=1S/C12H18N2O2/c1-9-7-11(15)12(16)10(13(9)2)8-14-5-3-4-6-14/h7,16H,3-6,8H2,1-2H3. The lowest BCUT2D eigenvalue weighted by molar-refractivity contribution is 0.312. The average Bonchev–Trinajstić information content (AvgIpc) is 2.74. The highest BCUT2D eigenvalue weighted by atomic mass is 16.3. The molecule has 88 valence electrons.